The van der Waals surface area contributed by atoms with Gasteiger partial charge in [-0.1, -0.05) is 31.0 Å². The topological polar surface area (TPSA) is 73.1 Å². The number of nitrogens with zero attached hydrogens (tertiary/aromatic N) is 1. The Bertz CT molecular complexity index is 823. The molecule has 0 unspecified atom stereocenters. The molecule has 2 atom stereocenters. The first-order valence-corrected chi connectivity index (χ1v) is 10.2. The number of hydrogen-bond acceptors (Lipinski definition) is 3. The molecule has 0 spiro atoms. The third-order valence-corrected chi connectivity index (χ3v) is 6.37. The summed E-state index contributed by atoms with van der Waals surface area (Å²) >= 11 is 0. The van der Waals surface area contributed by atoms with Crippen molar-refractivity contribution < 1.29 is 8.42 Å². The van der Waals surface area contributed by atoms with E-state index in [1.807, 2.05) is 12.1 Å². The van der Waals surface area contributed by atoms with Crippen molar-refractivity contribution in [2.24, 2.45) is 5.14 Å². The maximum Gasteiger partial charge on any atom is 0.238 e. The van der Waals surface area contributed by atoms with Crippen LogP contribution in [-0.4, -0.2) is 13.4 Å². The van der Waals surface area contributed by atoms with E-state index in [0.29, 0.717) is 17.8 Å². The van der Waals surface area contributed by atoms with Gasteiger partial charge in [0.25, 0.3) is 0 Å². The normalized spacial score (nSPS) is 24.2. The van der Waals surface area contributed by atoms with E-state index < -0.39 is 10.0 Å². The van der Waals surface area contributed by atoms with Crippen LogP contribution in [0.5, 0.6) is 0 Å². The van der Waals surface area contributed by atoms with Gasteiger partial charge in [0.15, 0.2) is 0 Å². The Hall–Kier alpha value is -1.72. The van der Waals surface area contributed by atoms with Crippen LogP contribution in [0, 0.1) is 0 Å². The van der Waals surface area contributed by atoms with Crippen molar-refractivity contribution in [3.05, 3.63) is 59.4 Å². The molecule has 4 nitrogen and oxygen atoms in total. The summed E-state index contributed by atoms with van der Waals surface area (Å²) in [5, 5.41) is 5.14. The van der Waals surface area contributed by atoms with Gasteiger partial charge < -0.3 is 0 Å². The summed E-state index contributed by atoms with van der Waals surface area (Å²) in [6.07, 6.45) is 8.40. The Morgan fingerprint density at radius 2 is 1.58 bits per heavy atom. The summed E-state index contributed by atoms with van der Waals surface area (Å²) in [4.78, 5) is 4.87. The monoisotopic (exact) mass is 342 g/mol. The molecule has 0 saturated heterocycles. The van der Waals surface area contributed by atoms with Gasteiger partial charge in [-0.25, -0.2) is 13.6 Å². The fourth-order valence-corrected chi connectivity index (χ4v) is 4.45. The Morgan fingerprint density at radius 1 is 0.917 bits per heavy atom. The average Bonchev–Trinajstić information content (AvgIpc) is 3.19. The van der Waals surface area contributed by atoms with Gasteiger partial charge in [-0.3, -0.25) is 4.98 Å². The minimum Gasteiger partial charge on any atom is -0.261 e. The fourth-order valence-electron chi connectivity index (χ4n) is 3.93. The molecule has 2 aliphatic rings. The number of rotatable bonds is 4. The lowest BCUT2D eigenvalue weighted by atomic mass is 9.99. The quantitative estimate of drug-likeness (QED) is 0.921. The lowest BCUT2D eigenvalue weighted by Gasteiger charge is -2.09. The molecule has 5 heteroatoms. The predicted octanol–water partition coefficient (Wildman–Crippen LogP) is 3.66. The molecular weight excluding hydrogens is 320 g/mol. The second-order valence-electron chi connectivity index (χ2n) is 7.06. The smallest absolute Gasteiger partial charge is 0.238 e. The Kier molecular flexibility index (Phi) is 3.93. The average molecular weight is 342 g/mol. The highest BCUT2D eigenvalue weighted by Gasteiger charge is 2.40. The van der Waals surface area contributed by atoms with Crippen LogP contribution in [0.4, 0.5) is 0 Å². The first-order valence-electron chi connectivity index (χ1n) is 8.61. The third-order valence-electron chi connectivity index (χ3n) is 5.44. The number of aromatic nitrogens is 1. The molecule has 4 rings (SSSR count). The predicted molar refractivity (Wildman–Crippen MR) is 93.4 cm³/mol. The van der Waals surface area contributed by atoms with Crippen LogP contribution in [0.3, 0.4) is 0 Å². The zero-order valence-electron chi connectivity index (χ0n) is 13.6. The molecule has 2 aliphatic carbocycles. The first-order chi connectivity index (χ1) is 11.5. The van der Waals surface area contributed by atoms with E-state index in [2.05, 4.69) is 18.3 Å². The molecule has 1 heterocycles. The maximum atomic E-state index is 11.3. The zero-order valence-corrected chi connectivity index (χ0v) is 14.4. The fraction of sp³-hybridized carbons (Fsp3) is 0.421. The van der Waals surface area contributed by atoms with Gasteiger partial charge in [0.05, 0.1) is 4.90 Å². The summed E-state index contributed by atoms with van der Waals surface area (Å²) in [5.41, 5.74) is 3.69. The molecule has 2 aromatic rings. The van der Waals surface area contributed by atoms with Gasteiger partial charge >= 0.3 is 0 Å². The molecule has 2 fully saturated rings. The van der Waals surface area contributed by atoms with Crippen molar-refractivity contribution in [2.75, 3.05) is 0 Å². The van der Waals surface area contributed by atoms with Crippen LogP contribution < -0.4 is 5.14 Å². The van der Waals surface area contributed by atoms with E-state index in [4.69, 9.17) is 10.1 Å². The standard InChI is InChI=1S/C19H22N2O2S/c20-24(22,23)16-8-5-14(6-9-16)17-11-18(17)19-10-7-15(12-21-19)13-3-1-2-4-13/h5-10,12-13,17-18H,1-4,11H2,(H2,20,22,23)/t17-,18+/m0/s1. The molecule has 24 heavy (non-hydrogen) atoms. The molecule has 0 amide bonds. The highest BCUT2D eigenvalue weighted by atomic mass is 32.2. The minimum atomic E-state index is -3.62. The molecule has 0 radical (unpaired) electrons. The van der Waals surface area contributed by atoms with Crippen LogP contribution in [0.15, 0.2) is 47.5 Å². The van der Waals surface area contributed by atoms with E-state index in [-0.39, 0.29) is 4.90 Å². The number of hydrogen-bond donors (Lipinski definition) is 1. The molecule has 2 N–H and O–H groups in total. The minimum absolute atomic E-state index is 0.169. The van der Waals surface area contributed by atoms with E-state index in [0.717, 1.165) is 17.7 Å². The second-order valence-corrected chi connectivity index (χ2v) is 8.62. The van der Waals surface area contributed by atoms with Crippen molar-refractivity contribution in [2.45, 2.75) is 54.8 Å². The molecule has 1 aromatic carbocycles. The van der Waals surface area contributed by atoms with Gasteiger partial charge in [0, 0.05) is 17.8 Å². The Morgan fingerprint density at radius 3 is 2.17 bits per heavy atom. The van der Waals surface area contributed by atoms with Gasteiger partial charge in [0.1, 0.15) is 0 Å². The number of nitrogens with two attached hydrogens (primary N) is 1. The highest BCUT2D eigenvalue weighted by molar-refractivity contribution is 7.89. The molecule has 1 aromatic heterocycles. The van der Waals surface area contributed by atoms with Crippen molar-refractivity contribution in [3.8, 4) is 0 Å². The summed E-state index contributed by atoms with van der Waals surface area (Å²) < 4.78 is 22.6. The SMILES string of the molecule is NS(=O)(=O)c1ccc([C@@H]2C[C@H]2c2ccc(C3CCCC3)cn2)cc1. The van der Waals surface area contributed by atoms with E-state index >= 15 is 0 Å². The van der Waals surface area contributed by atoms with Crippen LogP contribution in [0.1, 0.15) is 66.7 Å². The van der Waals surface area contributed by atoms with E-state index in [1.165, 1.54) is 31.2 Å². The summed E-state index contributed by atoms with van der Waals surface area (Å²) in [5.74, 6) is 1.58. The van der Waals surface area contributed by atoms with Crippen LogP contribution in [-0.2, 0) is 10.0 Å². The Labute approximate surface area is 143 Å². The van der Waals surface area contributed by atoms with Gasteiger partial charge in [0.2, 0.25) is 10.0 Å². The number of primary sulfonamides is 1. The lowest BCUT2D eigenvalue weighted by Crippen LogP contribution is -2.11. The third kappa shape index (κ3) is 3.10. The molecule has 0 bridgehead atoms. The van der Waals surface area contributed by atoms with E-state index in [1.54, 1.807) is 12.1 Å². The Balaban J connectivity index is 1.46. The van der Waals surface area contributed by atoms with Crippen molar-refractivity contribution in [1.29, 1.82) is 0 Å². The van der Waals surface area contributed by atoms with E-state index in [9.17, 15) is 8.42 Å². The summed E-state index contributed by atoms with van der Waals surface area (Å²) in [6.45, 7) is 0. The number of sulfonamides is 1. The number of benzene rings is 1. The highest BCUT2D eigenvalue weighted by Crippen LogP contribution is 2.54. The van der Waals surface area contributed by atoms with Crippen molar-refractivity contribution >= 4 is 10.0 Å². The molecule has 126 valence electrons. The maximum absolute atomic E-state index is 11.3. The molecule has 0 aliphatic heterocycles. The first kappa shape index (κ1) is 15.8. The largest absolute Gasteiger partial charge is 0.261 e. The lowest BCUT2D eigenvalue weighted by molar-refractivity contribution is 0.598. The van der Waals surface area contributed by atoms with Crippen molar-refractivity contribution in [1.82, 2.24) is 4.98 Å². The van der Waals surface area contributed by atoms with Gasteiger partial charge in [-0.2, -0.15) is 0 Å². The van der Waals surface area contributed by atoms with Crippen molar-refractivity contribution in [3.63, 3.8) is 0 Å². The van der Waals surface area contributed by atoms with Gasteiger partial charge in [-0.05, 0) is 60.4 Å². The van der Waals surface area contributed by atoms with Gasteiger partial charge in [-0.15, -0.1) is 0 Å². The van der Waals surface area contributed by atoms with Crippen LogP contribution in [0.2, 0.25) is 0 Å². The summed E-state index contributed by atoms with van der Waals surface area (Å²) in [7, 11) is -3.62. The molecular formula is C19H22N2O2S. The molecule has 2 saturated carbocycles. The van der Waals surface area contributed by atoms with Crippen LogP contribution >= 0.6 is 0 Å². The number of pyridine rings is 1. The second kappa shape index (κ2) is 5.97. The summed E-state index contributed by atoms with van der Waals surface area (Å²) in [6, 6.07) is 11.4. The van der Waals surface area contributed by atoms with Crippen LogP contribution in [0.25, 0.3) is 0 Å². The zero-order chi connectivity index (χ0) is 16.7.